The summed E-state index contributed by atoms with van der Waals surface area (Å²) >= 11 is 2.58. The predicted molar refractivity (Wildman–Crippen MR) is 195 cm³/mol. The zero-order valence-corrected chi connectivity index (χ0v) is 28.6. The normalized spacial score (nSPS) is 11.3. The molecule has 11 nitrogen and oxygen atoms in total. The molecule has 3 aromatic carbocycles. The number of fused-ring (bicyclic) bond motifs is 1. The molecule has 0 unspecified atom stereocenters. The number of carbonyl (C=O) groups is 2. The smallest absolute Gasteiger partial charge is 0.385 e. The van der Waals surface area contributed by atoms with Crippen LogP contribution < -0.4 is 38.5 Å². The number of rotatable bonds is 16. The average molecular weight is 716 g/mol. The van der Waals surface area contributed by atoms with Gasteiger partial charge in [-0.25, -0.2) is 9.78 Å². The van der Waals surface area contributed by atoms with Crippen LogP contribution in [0, 0.1) is 0 Å². The van der Waals surface area contributed by atoms with Crippen molar-refractivity contribution in [3.8, 4) is 10.6 Å². The van der Waals surface area contributed by atoms with E-state index in [9.17, 15) is 22.8 Å². The van der Waals surface area contributed by atoms with Gasteiger partial charge in [0, 0.05) is 48.7 Å². The van der Waals surface area contributed by atoms with Gasteiger partial charge in [-0.15, -0.1) is 23.1 Å². The lowest BCUT2D eigenvalue weighted by Crippen LogP contribution is -2.23. The lowest BCUT2D eigenvalue weighted by atomic mass is 10.1. The number of unbranched alkanes of at least 4 members (excludes halogenated alkanes) is 2. The number of urea groups is 1. The van der Waals surface area contributed by atoms with Crippen LogP contribution in [-0.2, 0) is 11.0 Å². The molecule has 1 heterocycles. The van der Waals surface area contributed by atoms with E-state index in [2.05, 4.69) is 33.2 Å². The van der Waals surface area contributed by atoms with Crippen molar-refractivity contribution in [1.29, 1.82) is 0 Å². The van der Waals surface area contributed by atoms with Crippen LogP contribution >= 0.6 is 23.1 Å². The van der Waals surface area contributed by atoms with Crippen LogP contribution in [0.15, 0.2) is 64.5 Å². The average Bonchev–Trinajstić information content (AvgIpc) is 3.47. The second-order valence-corrected chi connectivity index (χ2v) is 13.1. The number of aliphatic imine (C=N–C) groups is 1. The van der Waals surface area contributed by atoms with Crippen molar-refractivity contribution >= 4 is 74.0 Å². The summed E-state index contributed by atoms with van der Waals surface area (Å²) in [6, 6.07) is 14.1. The fraction of sp³-hybridized carbons (Fsp3) is 0.333. The Morgan fingerprint density at radius 1 is 0.939 bits per heavy atom. The van der Waals surface area contributed by atoms with Gasteiger partial charge in [-0.2, -0.15) is 13.2 Å². The third-order valence-corrected chi connectivity index (χ3v) is 9.28. The second kappa shape index (κ2) is 17.7. The summed E-state index contributed by atoms with van der Waals surface area (Å²) in [6.45, 7) is 3.58. The summed E-state index contributed by atoms with van der Waals surface area (Å²) in [5, 5.41) is 12.0. The number of guanidine groups is 1. The Balaban J connectivity index is 1.51. The number of anilines is 4. The molecule has 1 aromatic heterocycles. The van der Waals surface area contributed by atoms with Crippen LogP contribution in [0.4, 0.5) is 40.7 Å². The molecule has 0 radical (unpaired) electrons. The topological polar surface area (TPSA) is 186 Å². The highest BCUT2D eigenvalue weighted by Crippen LogP contribution is 2.41. The fourth-order valence-corrected chi connectivity index (χ4v) is 6.53. The van der Waals surface area contributed by atoms with Crippen molar-refractivity contribution in [2.75, 3.05) is 46.7 Å². The van der Waals surface area contributed by atoms with Crippen molar-refractivity contribution < 1.29 is 22.8 Å². The number of hydrogen-bond acceptors (Lipinski definition) is 8. The van der Waals surface area contributed by atoms with Crippen LogP contribution in [0.3, 0.4) is 0 Å². The molecular weight excluding hydrogens is 676 g/mol. The van der Waals surface area contributed by atoms with Crippen LogP contribution in [0.1, 0.15) is 44.6 Å². The third-order valence-electron chi connectivity index (χ3n) is 7.05. The summed E-state index contributed by atoms with van der Waals surface area (Å²) < 4.78 is 42.7. The number of hydrogen-bond donors (Lipinski definition) is 7. The van der Waals surface area contributed by atoms with E-state index in [1.807, 2.05) is 24.3 Å². The number of alkyl halides is 3. The zero-order valence-electron chi connectivity index (χ0n) is 27.0. The van der Waals surface area contributed by atoms with E-state index in [1.165, 1.54) is 11.3 Å². The van der Waals surface area contributed by atoms with Gasteiger partial charge in [0.2, 0.25) is 5.91 Å². The molecule has 4 aromatic rings. The van der Waals surface area contributed by atoms with Crippen molar-refractivity contribution in [2.24, 2.45) is 22.2 Å². The van der Waals surface area contributed by atoms with Crippen LogP contribution in [0.2, 0.25) is 0 Å². The van der Waals surface area contributed by atoms with Crippen LogP contribution in [-0.4, -0.2) is 48.3 Å². The molecule has 0 fully saturated rings. The maximum atomic E-state index is 14.0. The molecule has 4 rings (SSSR count). The van der Waals surface area contributed by atoms with Crippen molar-refractivity contribution in [2.45, 2.75) is 50.1 Å². The molecule has 0 bridgehead atoms. The van der Waals surface area contributed by atoms with E-state index in [1.54, 1.807) is 18.2 Å². The van der Waals surface area contributed by atoms with E-state index >= 15 is 0 Å². The van der Waals surface area contributed by atoms with Crippen molar-refractivity contribution in [3.63, 3.8) is 0 Å². The molecule has 16 heteroatoms. The van der Waals surface area contributed by atoms with E-state index < -0.39 is 23.7 Å². The Kier molecular flexibility index (Phi) is 13.5. The summed E-state index contributed by atoms with van der Waals surface area (Å²) in [4.78, 5) is 34.7. The van der Waals surface area contributed by atoms with Gasteiger partial charge in [0.25, 0.3) is 0 Å². The molecule has 0 spiro atoms. The number of amides is 3. The SMILES string of the molecule is CCCCNc1ccc(-c2nc3ccc(NC(=O)Nc4cc(C(F)(F)F)cc(NC(=O)CCCCN=C(N)N)c4SCCN)cc3s2)cc1. The van der Waals surface area contributed by atoms with Gasteiger partial charge in [0.05, 0.1) is 32.1 Å². The largest absolute Gasteiger partial charge is 0.416 e. The number of aromatic nitrogens is 1. The third kappa shape index (κ3) is 11.3. The Bertz CT molecular complexity index is 1760. The highest BCUT2D eigenvalue weighted by molar-refractivity contribution is 7.99. The Morgan fingerprint density at radius 3 is 2.33 bits per heavy atom. The first-order valence-corrected chi connectivity index (χ1v) is 17.5. The monoisotopic (exact) mass is 715 g/mol. The van der Waals surface area contributed by atoms with Gasteiger partial charge < -0.3 is 38.5 Å². The van der Waals surface area contributed by atoms with Crippen LogP contribution in [0.5, 0.6) is 0 Å². The number of thiazole rings is 1. The van der Waals surface area contributed by atoms with E-state index in [0.717, 1.165) is 69.8 Å². The van der Waals surface area contributed by atoms with Crippen molar-refractivity contribution in [3.05, 3.63) is 60.2 Å². The van der Waals surface area contributed by atoms with Crippen molar-refractivity contribution in [1.82, 2.24) is 4.98 Å². The Morgan fingerprint density at radius 2 is 1.65 bits per heavy atom. The van der Waals surface area contributed by atoms with Gasteiger partial charge in [0.1, 0.15) is 5.01 Å². The number of nitrogens with one attached hydrogen (secondary N) is 4. The number of halogens is 3. The predicted octanol–water partition coefficient (Wildman–Crippen LogP) is 7.27. The maximum Gasteiger partial charge on any atom is 0.416 e. The zero-order chi connectivity index (χ0) is 35.4. The lowest BCUT2D eigenvalue weighted by molar-refractivity contribution is -0.137. The first-order chi connectivity index (χ1) is 23.5. The molecule has 0 saturated carbocycles. The van der Waals surface area contributed by atoms with Crippen LogP contribution in [0.25, 0.3) is 20.8 Å². The molecule has 0 aliphatic carbocycles. The summed E-state index contributed by atoms with van der Waals surface area (Å²) in [7, 11) is 0. The van der Waals surface area contributed by atoms with E-state index in [0.29, 0.717) is 30.8 Å². The number of nitrogens with two attached hydrogens (primary N) is 3. The van der Waals surface area contributed by atoms with Gasteiger partial charge in [0.15, 0.2) is 5.96 Å². The summed E-state index contributed by atoms with van der Waals surface area (Å²) in [6.07, 6.45) is -1.59. The van der Waals surface area contributed by atoms with Gasteiger partial charge in [-0.3, -0.25) is 9.79 Å². The number of nitrogens with zero attached hydrogens (tertiary/aromatic N) is 2. The Hall–Kier alpha value is -4.54. The van der Waals surface area contributed by atoms with E-state index in [-0.39, 0.29) is 35.2 Å². The molecule has 10 N–H and O–H groups in total. The van der Waals surface area contributed by atoms with E-state index in [4.69, 9.17) is 22.2 Å². The Labute approximate surface area is 290 Å². The number of carbonyl (C=O) groups excluding carboxylic acids is 2. The number of benzene rings is 3. The molecule has 0 aliphatic heterocycles. The minimum Gasteiger partial charge on any atom is -0.385 e. The molecular formula is C33H40F3N9O2S2. The minimum atomic E-state index is -4.75. The standard InChI is InChI=1S/C33H40F3N9O2S2/c1-2-3-14-40-22-9-7-20(8-10-22)30-44-24-12-11-23(19-27(24)49-30)42-32(47)45-26-18-21(33(34,35)36)17-25(29(26)48-16-13-37)43-28(46)6-4-5-15-41-31(38)39/h7-12,17-19,40H,2-6,13-16,37H2,1H3,(H,43,46)(H4,38,39,41)(H2,42,45,47). The molecule has 0 saturated heterocycles. The molecule has 3 amide bonds. The summed E-state index contributed by atoms with van der Waals surface area (Å²) in [5.74, 6) is -0.235. The van der Waals surface area contributed by atoms with Gasteiger partial charge in [-0.05, 0) is 73.9 Å². The minimum absolute atomic E-state index is 0.0316. The second-order valence-electron chi connectivity index (χ2n) is 11.0. The molecule has 49 heavy (non-hydrogen) atoms. The fourth-order valence-electron chi connectivity index (χ4n) is 4.66. The number of thioether (sulfide) groups is 1. The maximum absolute atomic E-state index is 14.0. The molecule has 0 atom stereocenters. The molecule has 0 aliphatic rings. The summed E-state index contributed by atoms with van der Waals surface area (Å²) in [5.41, 5.74) is 18.2. The lowest BCUT2D eigenvalue weighted by Gasteiger charge is -2.19. The van der Waals surface area contributed by atoms with Gasteiger partial charge >= 0.3 is 12.2 Å². The first-order valence-electron chi connectivity index (χ1n) is 15.7. The quantitative estimate of drug-likeness (QED) is 0.0273. The van der Waals surface area contributed by atoms with Gasteiger partial charge in [-0.1, -0.05) is 13.3 Å². The first kappa shape index (κ1) is 37.3. The molecule has 262 valence electrons. The highest BCUT2D eigenvalue weighted by Gasteiger charge is 2.33. The highest BCUT2D eigenvalue weighted by atomic mass is 32.2.